The number of nitrogens with zero attached hydrogens (tertiary/aromatic N) is 2. The van der Waals surface area contributed by atoms with Crippen molar-refractivity contribution >= 4 is 11.8 Å². The summed E-state index contributed by atoms with van der Waals surface area (Å²) in [5.74, 6) is 1.70. The van der Waals surface area contributed by atoms with Gasteiger partial charge in [-0.15, -0.1) is 11.8 Å². The zero-order valence-corrected chi connectivity index (χ0v) is 12.0. The number of hydrogen-bond donors (Lipinski definition) is 1. The fourth-order valence-corrected chi connectivity index (χ4v) is 2.00. The van der Waals surface area contributed by atoms with Crippen LogP contribution in [-0.2, 0) is 12.1 Å². The molecule has 0 radical (unpaired) electrons. The highest BCUT2D eigenvalue weighted by Crippen LogP contribution is 2.27. The third kappa shape index (κ3) is 3.48. The van der Waals surface area contributed by atoms with Crippen molar-refractivity contribution < 1.29 is 9.26 Å². The Labute approximate surface area is 116 Å². The van der Waals surface area contributed by atoms with Gasteiger partial charge in [-0.1, -0.05) is 17.3 Å². The molecule has 1 heterocycles. The Balaban J connectivity index is 2.05. The van der Waals surface area contributed by atoms with Gasteiger partial charge < -0.3 is 15.0 Å². The van der Waals surface area contributed by atoms with Gasteiger partial charge in [0.05, 0.1) is 5.54 Å². The Morgan fingerprint density at radius 2 is 2.11 bits per heavy atom. The molecule has 19 heavy (non-hydrogen) atoms. The zero-order valence-electron chi connectivity index (χ0n) is 11.2. The number of hydrogen-bond acceptors (Lipinski definition) is 6. The first-order valence-corrected chi connectivity index (χ1v) is 7.11. The van der Waals surface area contributed by atoms with Crippen LogP contribution in [0.2, 0.25) is 0 Å². The van der Waals surface area contributed by atoms with Crippen molar-refractivity contribution in [2.45, 2.75) is 30.9 Å². The van der Waals surface area contributed by atoms with Crippen molar-refractivity contribution in [3.63, 3.8) is 0 Å². The Kier molecular flexibility index (Phi) is 4.11. The van der Waals surface area contributed by atoms with Gasteiger partial charge in [-0.2, -0.15) is 4.98 Å². The summed E-state index contributed by atoms with van der Waals surface area (Å²) in [6.45, 7) is 3.89. The van der Waals surface area contributed by atoms with E-state index in [1.807, 2.05) is 44.4 Å². The fourth-order valence-electron chi connectivity index (χ4n) is 1.45. The monoisotopic (exact) mass is 279 g/mol. The van der Waals surface area contributed by atoms with Gasteiger partial charge in [0.15, 0.2) is 12.4 Å². The maximum atomic E-state index is 5.89. The molecule has 0 unspecified atom stereocenters. The third-order valence-corrected chi connectivity index (χ3v) is 3.24. The molecule has 6 heteroatoms. The van der Waals surface area contributed by atoms with Crippen LogP contribution in [0.25, 0.3) is 0 Å². The Hall–Kier alpha value is -1.53. The van der Waals surface area contributed by atoms with Gasteiger partial charge in [0.25, 0.3) is 5.89 Å². The average molecular weight is 279 g/mol. The van der Waals surface area contributed by atoms with Crippen molar-refractivity contribution in [2.24, 2.45) is 5.73 Å². The lowest BCUT2D eigenvalue weighted by Gasteiger charge is -2.11. The van der Waals surface area contributed by atoms with E-state index >= 15 is 0 Å². The molecule has 0 aliphatic heterocycles. The Morgan fingerprint density at radius 1 is 1.37 bits per heavy atom. The van der Waals surface area contributed by atoms with Gasteiger partial charge in [0.2, 0.25) is 0 Å². The van der Waals surface area contributed by atoms with Crippen molar-refractivity contribution in [2.75, 3.05) is 6.26 Å². The molecule has 0 spiro atoms. The SMILES string of the molecule is CSc1ccccc1OCc1nc(C(C)(C)N)no1. The number of nitrogens with two attached hydrogens (primary N) is 1. The van der Waals surface area contributed by atoms with Gasteiger partial charge in [-0.25, -0.2) is 0 Å². The molecule has 0 saturated heterocycles. The highest BCUT2D eigenvalue weighted by atomic mass is 32.2. The average Bonchev–Trinajstić information content (AvgIpc) is 2.85. The van der Waals surface area contributed by atoms with Crippen LogP contribution >= 0.6 is 11.8 Å². The summed E-state index contributed by atoms with van der Waals surface area (Å²) in [5.41, 5.74) is 5.28. The minimum Gasteiger partial charge on any atom is -0.483 e. The minimum absolute atomic E-state index is 0.237. The van der Waals surface area contributed by atoms with Crippen molar-refractivity contribution in [3.8, 4) is 5.75 Å². The van der Waals surface area contributed by atoms with Crippen LogP contribution in [0.1, 0.15) is 25.6 Å². The molecule has 2 rings (SSSR count). The zero-order chi connectivity index (χ0) is 13.9. The molecule has 1 aromatic carbocycles. The van der Waals surface area contributed by atoms with Gasteiger partial charge in [0, 0.05) is 4.90 Å². The maximum Gasteiger partial charge on any atom is 0.264 e. The number of benzene rings is 1. The topological polar surface area (TPSA) is 74.2 Å². The third-order valence-electron chi connectivity index (χ3n) is 2.46. The summed E-state index contributed by atoms with van der Waals surface area (Å²) in [6.07, 6.45) is 2.00. The largest absolute Gasteiger partial charge is 0.483 e. The number of para-hydroxylation sites is 1. The van der Waals surface area contributed by atoms with E-state index in [0.717, 1.165) is 10.6 Å². The molecule has 0 aliphatic carbocycles. The van der Waals surface area contributed by atoms with Crippen LogP contribution in [0.15, 0.2) is 33.7 Å². The Bertz CT molecular complexity index is 549. The van der Waals surface area contributed by atoms with Gasteiger partial charge >= 0.3 is 0 Å². The molecule has 0 fully saturated rings. The summed E-state index contributed by atoms with van der Waals surface area (Å²) in [4.78, 5) is 5.29. The van der Waals surface area contributed by atoms with E-state index in [1.54, 1.807) is 11.8 Å². The molecular formula is C13H17N3O2S. The fraction of sp³-hybridized carbons (Fsp3) is 0.385. The number of rotatable bonds is 5. The smallest absolute Gasteiger partial charge is 0.264 e. The summed E-state index contributed by atoms with van der Waals surface area (Å²) in [6, 6.07) is 7.82. The molecule has 0 amide bonds. The lowest BCUT2D eigenvalue weighted by atomic mass is 10.1. The van der Waals surface area contributed by atoms with E-state index in [-0.39, 0.29) is 6.61 Å². The summed E-state index contributed by atoms with van der Waals surface area (Å²) in [7, 11) is 0. The van der Waals surface area contributed by atoms with E-state index in [2.05, 4.69) is 10.1 Å². The second-order valence-corrected chi connectivity index (χ2v) is 5.52. The molecule has 0 atom stereocenters. The van der Waals surface area contributed by atoms with Gasteiger partial charge in [-0.3, -0.25) is 0 Å². The second-order valence-electron chi connectivity index (χ2n) is 4.67. The van der Waals surface area contributed by atoms with Crippen LogP contribution in [0, 0.1) is 0 Å². The van der Waals surface area contributed by atoms with Gasteiger partial charge in [-0.05, 0) is 32.2 Å². The molecule has 102 valence electrons. The minimum atomic E-state index is -0.612. The molecule has 0 bridgehead atoms. The highest BCUT2D eigenvalue weighted by molar-refractivity contribution is 7.98. The highest BCUT2D eigenvalue weighted by Gasteiger charge is 2.21. The predicted octanol–water partition coefficient (Wildman–Crippen LogP) is 2.56. The predicted molar refractivity (Wildman–Crippen MR) is 74.1 cm³/mol. The number of thioether (sulfide) groups is 1. The van der Waals surface area contributed by atoms with Crippen LogP contribution < -0.4 is 10.5 Å². The lowest BCUT2D eigenvalue weighted by molar-refractivity contribution is 0.237. The summed E-state index contributed by atoms with van der Waals surface area (Å²) < 4.78 is 10.8. The van der Waals surface area contributed by atoms with E-state index in [0.29, 0.717) is 11.7 Å². The van der Waals surface area contributed by atoms with Gasteiger partial charge in [0.1, 0.15) is 5.75 Å². The quantitative estimate of drug-likeness (QED) is 0.848. The molecular weight excluding hydrogens is 262 g/mol. The summed E-state index contributed by atoms with van der Waals surface area (Å²) in [5, 5.41) is 3.85. The first-order chi connectivity index (χ1) is 9.00. The first-order valence-electron chi connectivity index (χ1n) is 5.88. The van der Waals surface area contributed by atoms with E-state index < -0.39 is 5.54 Å². The van der Waals surface area contributed by atoms with Crippen LogP contribution in [0.5, 0.6) is 5.75 Å². The number of aromatic nitrogens is 2. The molecule has 2 N–H and O–H groups in total. The van der Waals surface area contributed by atoms with Crippen molar-refractivity contribution in [3.05, 3.63) is 36.0 Å². The van der Waals surface area contributed by atoms with Crippen LogP contribution in [-0.4, -0.2) is 16.4 Å². The van der Waals surface area contributed by atoms with E-state index in [1.165, 1.54) is 0 Å². The molecule has 0 aliphatic rings. The Morgan fingerprint density at radius 3 is 2.74 bits per heavy atom. The normalized spacial score (nSPS) is 11.6. The maximum absolute atomic E-state index is 5.89. The van der Waals surface area contributed by atoms with E-state index in [4.69, 9.17) is 15.0 Å². The molecule has 0 saturated carbocycles. The number of ether oxygens (including phenoxy) is 1. The standard InChI is InChI=1S/C13H17N3O2S/c1-13(2,14)12-15-11(18-16-12)8-17-9-6-4-5-7-10(9)19-3/h4-7H,8,14H2,1-3H3. The summed E-state index contributed by atoms with van der Waals surface area (Å²) >= 11 is 1.63. The van der Waals surface area contributed by atoms with Crippen molar-refractivity contribution in [1.29, 1.82) is 0 Å². The van der Waals surface area contributed by atoms with Crippen LogP contribution in [0.4, 0.5) is 0 Å². The second kappa shape index (κ2) is 5.63. The van der Waals surface area contributed by atoms with E-state index in [9.17, 15) is 0 Å². The van der Waals surface area contributed by atoms with Crippen molar-refractivity contribution in [1.82, 2.24) is 10.1 Å². The molecule has 1 aromatic heterocycles. The molecule has 5 nitrogen and oxygen atoms in total. The first kappa shape index (κ1) is 13.9. The van der Waals surface area contributed by atoms with Crippen LogP contribution in [0.3, 0.4) is 0 Å². The molecule has 2 aromatic rings. The lowest BCUT2D eigenvalue weighted by Crippen LogP contribution is -2.30.